The minimum Gasteiger partial charge on any atom is -0.454 e. The van der Waals surface area contributed by atoms with Gasteiger partial charge in [0.1, 0.15) is 0 Å². The quantitative estimate of drug-likeness (QED) is 0.806. The van der Waals surface area contributed by atoms with Crippen LogP contribution in [0.25, 0.3) is 0 Å². The number of thioether (sulfide) groups is 1. The summed E-state index contributed by atoms with van der Waals surface area (Å²) in [6, 6.07) is 10.3. The first-order valence-electron chi connectivity index (χ1n) is 9.03. The highest BCUT2D eigenvalue weighted by atomic mass is 32.2. The van der Waals surface area contributed by atoms with Gasteiger partial charge in [0.2, 0.25) is 6.79 Å². The van der Waals surface area contributed by atoms with E-state index in [2.05, 4.69) is 33.8 Å². The molecule has 2 saturated heterocycles. The molecule has 4 heterocycles. The molecular formula is C20H22N2O3S. The van der Waals surface area contributed by atoms with E-state index in [0.29, 0.717) is 24.3 Å². The lowest BCUT2D eigenvalue weighted by molar-refractivity contribution is 0.0264. The summed E-state index contributed by atoms with van der Waals surface area (Å²) in [5.74, 6) is 2.83. The summed E-state index contributed by atoms with van der Waals surface area (Å²) < 4.78 is 17.4. The molecule has 1 spiro atoms. The van der Waals surface area contributed by atoms with Crippen molar-refractivity contribution in [2.24, 2.45) is 0 Å². The topological polar surface area (TPSA) is 43.8 Å². The fourth-order valence-corrected chi connectivity index (χ4v) is 5.61. The molecule has 3 aliphatic heterocycles. The molecule has 0 aliphatic carbocycles. The molecule has 136 valence electrons. The molecule has 1 atom stereocenters. The van der Waals surface area contributed by atoms with Gasteiger partial charge in [-0.1, -0.05) is 6.07 Å². The van der Waals surface area contributed by atoms with E-state index in [-0.39, 0.29) is 0 Å². The molecule has 0 amide bonds. The summed E-state index contributed by atoms with van der Waals surface area (Å²) >= 11 is 2.09. The Morgan fingerprint density at radius 2 is 1.96 bits per heavy atom. The van der Waals surface area contributed by atoms with Gasteiger partial charge in [0.05, 0.1) is 12.7 Å². The van der Waals surface area contributed by atoms with Gasteiger partial charge in [0.15, 0.2) is 11.5 Å². The normalized spacial score (nSPS) is 23.3. The van der Waals surface area contributed by atoms with Crippen molar-refractivity contribution in [2.45, 2.75) is 30.4 Å². The lowest BCUT2D eigenvalue weighted by atomic mass is 9.92. The van der Waals surface area contributed by atoms with E-state index >= 15 is 0 Å². The Morgan fingerprint density at radius 1 is 1.12 bits per heavy atom. The first-order chi connectivity index (χ1) is 12.8. The molecule has 0 radical (unpaired) electrons. The van der Waals surface area contributed by atoms with Crippen molar-refractivity contribution in [3.63, 3.8) is 0 Å². The summed E-state index contributed by atoms with van der Waals surface area (Å²) in [6.45, 7) is 4.28. The molecule has 5 nitrogen and oxygen atoms in total. The minimum absolute atomic E-state index is 0.336. The van der Waals surface area contributed by atoms with Crippen molar-refractivity contribution in [2.75, 3.05) is 25.6 Å². The highest BCUT2D eigenvalue weighted by Crippen LogP contribution is 2.46. The van der Waals surface area contributed by atoms with Crippen molar-refractivity contribution >= 4 is 11.8 Å². The second-order valence-electron chi connectivity index (χ2n) is 7.32. The monoisotopic (exact) mass is 370 g/mol. The number of aromatic nitrogens is 1. The van der Waals surface area contributed by atoms with Crippen molar-refractivity contribution < 1.29 is 14.2 Å². The van der Waals surface area contributed by atoms with Crippen LogP contribution in [0.1, 0.15) is 17.5 Å². The van der Waals surface area contributed by atoms with Gasteiger partial charge in [-0.2, -0.15) is 0 Å². The zero-order valence-corrected chi connectivity index (χ0v) is 15.4. The average molecular weight is 370 g/mol. The minimum atomic E-state index is 0.336. The van der Waals surface area contributed by atoms with E-state index in [1.165, 1.54) is 11.1 Å². The highest BCUT2D eigenvalue weighted by molar-refractivity contribution is 8.01. The first kappa shape index (κ1) is 16.4. The van der Waals surface area contributed by atoms with Crippen molar-refractivity contribution in [3.8, 4) is 11.5 Å². The van der Waals surface area contributed by atoms with E-state index in [1.807, 2.05) is 30.6 Å². The fourth-order valence-electron chi connectivity index (χ4n) is 4.00. The van der Waals surface area contributed by atoms with Crippen LogP contribution in [-0.2, 0) is 17.9 Å². The zero-order chi connectivity index (χ0) is 17.4. The predicted octanol–water partition coefficient (Wildman–Crippen LogP) is 3.09. The first-order valence-corrected chi connectivity index (χ1v) is 10.0. The highest BCUT2D eigenvalue weighted by Gasteiger charge is 2.49. The molecule has 0 N–H and O–H groups in total. The molecule has 0 saturated carbocycles. The molecule has 2 aromatic rings. The summed E-state index contributed by atoms with van der Waals surface area (Å²) in [5, 5.41) is 0. The molecule has 5 rings (SSSR count). The third-order valence-electron chi connectivity index (χ3n) is 5.28. The zero-order valence-electron chi connectivity index (χ0n) is 14.6. The fraction of sp³-hybridized carbons (Fsp3) is 0.450. The Balaban J connectivity index is 1.11. The van der Waals surface area contributed by atoms with Gasteiger partial charge in [-0.3, -0.25) is 9.88 Å². The van der Waals surface area contributed by atoms with Crippen LogP contribution in [0.4, 0.5) is 0 Å². The van der Waals surface area contributed by atoms with E-state index in [0.717, 1.165) is 43.3 Å². The van der Waals surface area contributed by atoms with Crippen molar-refractivity contribution in [1.29, 1.82) is 0 Å². The number of hydrogen-bond donors (Lipinski definition) is 0. The summed E-state index contributed by atoms with van der Waals surface area (Å²) in [6.07, 6.45) is 5.16. The Morgan fingerprint density at radius 3 is 2.85 bits per heavy atom. The smallest absolute Gasteiger partial charge is 0.231 e. The second kappa shape index (κ2) is 6.76. The van der Waals surface area contributed by atoms with Crippen LogP contribution in [-0.4, -0.2) is 46.4 Å². The molecule has 26 heavy (non-hydrogen) atoms. The van der Waals surface area contributed by atoms with E-state index in [4.69, 9.17) is 14.2 Å². The largest absolute Gasteiger partial charge is 0.454 e. The van der Waals surface area contributed by atoms with Crippen LogP contribution in [0.5, 0.6) is 11.5 Å². The maximum absolute atomic E-state index is 6.13. The third kappa shape index (κ3) is 3.29. The number of fused-ring (bicyclic) bond motifs is 1. The van der Waals surface area contributed by atoms with Crippen molar-refractivity contribution in [3.05, 3.63) is 53.9 Å². The number of rotatable bonds is 5. The van der Waals surface area contributed by atoms with Gasteiger partial charge in [-0.15, -0.1) is 11.8 Å². The standard InChI is InChI=1S/C20H22N2O3S/c1-2-18-19(25-14-24-18)7-16(1)9-22-12-20(13-22)8-17(11-26-20)23-10-15-3-5-21-6-4-15/h1-7,17H,8-14H2. The van der Waals surface area contributed by atoms with Gasteiger partial charge in [-0.05, 0) is 41.8 Å². The average Bonchev–Trinajstić information content (AvgIpc) is 3.27. The van der Waals surface area contributed by atoms with E-state index in [9.17, 15) is 0 Å². The van der Waals surface area contributed by atoms with Gasteiger partial charge < -0.3 is 14.2 Å². The second-order valence-corrected chi connectivity index (χ2v) is 8.81. The molecule has 3 aliphatic rings. The van der Waals surface area contributed by atoms with Gasteiger partial charge in [0.25, 0.3) is 0 Å². The predicted molar refractivity (Wildman–Crippen MR) is 100 cm³/mol. The van der Waals surface area contributed by atoms with E-state index in [1.54, 1.807) is 0 Å². The van der Waals surface area contributed by atoms with E-state index < -0.39 is 0 Å². The summed E-state index contributed by atoms with van der Waals surface area (Å²) in [7, 11) is 0. The summed E-state index contributed by atoms with van der Waals surface area (Å²) in [4.78, 5) is 6.56. The number of hydrogen-bond acceptors (Lipinski definition) is 6. The van der Waals surface area contributed by atoms with Gasteiger partial charge >= 0.3 is 0 Å². The third-order valence-corrected chi connectivity index (χ3v) is 6.85. The lowest BCUT2D eigenvalue weighted by Gasteiger charge is -2.47. The molecule has 1 aromatic carbocycles. The van der Waals surface area contributed by atoms with Crippen LogP contribution >= 0.6 is 11.8 Å². The summed E-state index contributed by atoms with van der Waals surface area (Å²) in [5.41, 5.74) is 2.49. The Labute approximate surface area is 157 Å². The number of ether oxygens (including phenoxy) is 3. The van der Waals surface area contributed by atoms with Gasteiger partial charge in [0, 0.05) is 42.5 Å². The molecule has 1 unspecified atom stereocenters. The molecule has 0 bridgehead atoms. The number of pyridine rings is 1. The van der Waals surface area contributed by atoms with Crippen LogP contribution in [0, 0.1) is 0 Å². The van der Waals surface area contributed by atoms with Crippen molar-refractivity contribution in [1.82, 2.24) is 9.88 Å². The van der Waals surface area contributed by atoms with Crippen LogP contribution in [0.15, 0.2) is 42.7 Å². The Kier molecular flexibility index (Phi) is 4.27. The molecular weight excluding hydrogens is 348 g/mol. The van der Waals surface area contributed by atoms with Crippen LogP contribution in [0.2, 0.25) is 0 Å². The maximum atomic E-state index is 6.13. The Hall–Kier alpha value is -1.76. The lowest BCUT2D eigenvalue weighted by Crippen LogP contribution is -2.58. The number of nitrogens with zero attached hydrogens (tertiary/aromatic N) is 2. The molecule has 1 aromatic heterocycles. The van der Waals surface area contributed by atoms with Gasteiger partial charge in [-0.25, -0.2) is 0 Å². The SMILES string of the molecule is c1cc(COC2CSC3(C2)CN(Cc2ccc4c(c2)OCO4)C3)ccn1. The maximum Gasteiger partial charge on any atom is 0.231 e. The Bertz CT molecular complexity index is 780. The number of benzene rings is 1. The van der Waals surface area contributed by atoms with Crippen LogP contribution in [0.3, 0.4) is 0 Å². The molecule has 2 fully saturated rings. The number of likely N-dealkylation sites (tertiary alicyclic amines) is 1. The van der Waals surface area contributed by atoms with Crippen LogP contribution < -0.4 is 9.47 Å². The molecule has 6 heteroatoms.